The maximum Gasteiger partial charge on any atom is 0.265 e. The van der Waals surface area contributed by atoms with Crippen molar-refractivity contribution in [1.82, 2.24) is 10.2 Å². The standard InChI is InChI=1S/C27H35N3O4/c1-4-27(2,3)22-9-10-24-23(17-22)30(25(31)19-34-24)18-20-5-7-21(8-6-20)26(32)28-11-12-29-13-15-33-16-14-29/h5-10,17H,4,11-16,18-19H2,1-3H3,(H,28,32). The number of ether oxygens (including phenoxy) is 2. The van der Waals surface area contributed by atoms with Gasteiger partial charge < -0.3 is 19.7 Å². The molecule has 0 radical (unpaired) electrons. The first-order valence-corrected chi connectivity index (χ1v) is 12.1. The molecule has 0 unspecified atom stereocenters. The van der Waals surface area contributed by atoms with Crippen molar-refractivity contribution in [3.8, 4) is 5.75 Å². The number of carbonyl (C=O) groups excluding carboxylic acids is 2. The van der Waals surface area contributed by atoms with E-state index >= 15 is 0 Å². The van der Waals surface area contributed by atoms with Crippen LogP contribution in [0.3, 0.4) is 0 Å². The van der Waals surface area contributed by atoms with E-state index in [0.29, 0.717) is 18.7 Å². The third kappa shape index (κ3) is 5.59. The lowest BCUT2D eigenvalue weighted by Gasteiger charge is -2.32. The Morgan fingerprint density at radius 3 is 2.53 bits per heavy atom. The monoisotopic (exact) mass is 465 g/mol. The third-order valence-electron chi connectivity index (χ3n) is 6.94. The second-order valence-electron chi connectivity index (χ2n) is 9.60. The van der Waals surface area contributed by atoms with Crippen LogP contribution in [0.25, 0.3) is 0 Å². The predicted octanol–water partition coefficient (Wildman–Crippen LogP) is 3.36. The highest BCUT2D eigenvalue weighted by atomic mass is 16.5. The van der Waals surface area contributed by atoms with Gasteiger partial charge in [0.25, 0.3) is 11.8 Å². The fraction of sp³-hybridized carbons (Fsp3) is 0.481. The number of rotatable bonds is 8. The van der Waals surface area contributed by atoms with E-state index in [4.69, 9.17) is 9.47 Å². The minimum Gasteiger partial charge on any atom is -0.482 e. The van der Waals surface area contributed by atoms with Crippen LogP contribution in [-0.2, 0) is 21.5 Å². The van der Waals surface area contributed by atoms with Gasteiger partial charge in [-0.05, 0) is 47.2 Å². The molecule has 2 heterocycles. The number of amides is 2. The zero-order valence-electron chi connectivity index (χ0n) is 20.4. The minimum absolute atomic E-state index is 0.0119. The topological polar surface area (TPSA) is 71.1 Å². The molecule has 7 heteroatoms. The number of fused-ring (bicyclic) bond motifs is 1. The van der Waals surface area contributed by atoms with E-state index in [2.05, 4.69) is 43.1 Å². The second-order valence-corrected chi connectivity index (χ2v) is 9.60. The van der Waals surface area contributed by atoms with Gasteiger partial charge in [-0.15, -0.1) is 0 Å². The van der Waals surface area contributed by atoms with Crippen molar-refractivity contribution in [1.29, 1.82) is 0 Å². The third-order valence-corrected chi connectivity index (χ3v) is 6.94. The number of carbonyl (C=O) groups is 2. The lowest BCUT2D eigenvalue weighted by atomic mass is 9.82. The van der Waals surface area contributed by atoms with E-state index in [1.54, 1.807) is 4.90 Å². The van der Waals surface area contributed by atoms with Crippen LogP contribution in [0.5, 0.6) is 5.75 Å². The zero-order valence-corrected chi connectivity index (χ0v) is 20.4. The fourth-order valence-corrected chi connectivity index (χ4v) is 4.20. The maximum absolute atomic E-state index is 12.7. The number of hydrogen-bond acceptors (Lipinski definition) is 5. The Morgan fingerprint density at radius 1 is 1.09 bits per heavy atom. The smallest absolute Gasteiger partial charge is 0.265 e. The van der Waals surface area contributed by atoms with Gasteiger partial charge in [-0.3, -0.25) is 14.5 Å². The summed E-state index contributed by atoms with van der Waals surface area (Å²) in [6.07, 6.45) is 0.997. The number of anilines is 1. The van der Waals surface area contributed by atoms with Crippen LogP contribution in [-0.4, -0.2) is 62.7 Å². The summed E-state index contributed by atoms with van der Waals surface area (Å²) in [7, 11) is 0. The molecular formula is C27H35N3O4. The molecule has 0 bridgehead atoms. The summed E-state index contributed by atoms with van der Waals surface area (Å²) in [5, 5.41) is 2.99. The van der Waals surface area contributed by atoms with Crippen LogP contribution in [0.15, 0.2) is 42.5 Å². The number of hydrogen-bond donors (Lipinski definition) is 1. The van der Waals surface area contributed by atoms with Gasteiger partial charge in [0.1, 0.15) is 5.75 Å². The van der Waals surface area contributed by atoms with Crippen LogP contribution in [0.1, 0.15) is 48.7 Å². The molecule has 2 aromatic rings. The maximum atomic E-state index is 12.7. The summed E-state index contributed by atoms with van der Waals surface area (Å²) in [6.45, 7) is 11.8. The van der Waals surface area contributed by atoms with Crippen molar-refractivity contribution in [3.63, 3.8) is 0 Å². The van der Waals surface area contributed by atoms with Crippen molar-refractivity contribution >= 4 is 17.5 Å². The first-order chi connectivity index (χ1) is 16.4. The normalized spacial score (nSPS) is 16.7. The summed E-state index contributed by atoms with van der Waals surface area (Å²) in [5.41, 5.74) is 3.58. The molecule has 1 saturated heterocycles. The Bertz CT molecular complexity index is 1010. The summed E-state index contributed by atoms with van der Waals surface area (Å²) in [6, 6.07) is 13.6. The SMILES string of the molecule is CCC(C)(C)c1ccc2c(c1)N(Cc1ccc(C(=O)NCCN3CCOCC3)cc1)C(=O)CO2. The van der Waals surface area contributed by atoms with Crippen molar-refractivity contribution in [3.05, 3.63) is 59.2 Å². The van der Waals surface area contributed by atoms with Gasteiger partial charge in [0, 0.05) is 31.7 Å². The first-order valence-electron chi connectivity index (χ1n) is 12.1. The Kier molecular flexibility index (Phi) is 7.54. The first kappa shape index (κ1) is 24.2. The molecule has 0 saturated carbocycles. The number of nitrogens with one attached hydrogen (secondary N) is 1. The molecule has 0 spiro atoms. The van der Waals surface area contributed by atoms with Gasteiger partial charge in [0.15, 0.2) is 6.61 Å². The largest absolute Gasteiger partial charge is 0.482 e. The molecule has 7 nitrogen and oxygen atoms in total. The highest BCUT2D eigenvalue weighted by Gasteiger charge is 2.28. The van der Waals surface area contributed by atoms with Crippen LogP contribution in [0, 0.1) is 0 Å². The van der Waals surface area contributed by atoms with E-state index in [9.17, 15) is 9.59 Å². The second kappa shape index (κ2) is 10.6. The van der Waals surface area contributed by atoms with Crippen LogP contribution in [0.4, 0.5) is 5.69 Å². The molecule has 2 amide bonds. The Balaban J connectivity index is 1.40. The minimum atomic E-state index is -0.0842. The molecule has 1 N–H and O–H groups in total. The number of benzene rings is 2. The van der Waals surface area contributed by atoms with Crippen molar-refractivity contribution in [2.24, 2.45) is 0 Å². The van der Waals surface area contributed by atoms with Gasteiger partial charge in [0.2, 0.25) is 0 Å². The number of morpholine rings is 1. The molecule has 4 rings (SSSR count). The summed E-state index contributed by atoms with van der Waals surface area (Å²) in [5.74, 6) is 0.578. The van der Waals surface area contributed by atoms with Gasteiger partial charge in [0.05, 0.1) is 25.4 Å². The van der Waals surface area contributed by atoms with Gasteiger partial charge >= 0.3 is 0 Å². The highest BCUT2D eigenvalue weighted by molar-refractivity contribution is 5.98. The summed E-state index contributed by atoms with van der Waals surface area (Å²) in [4.78, 5) is 29.3. The lowest BCUT2D eigenvalue weighted by Crippen LogP contribution is -2.41. The number of nitrogens with zero attached hydrogens (tertiary/aromatic N) is 2. The van der Waals surface area contributed by atoms with E-state index in [-0.39, 0.29) is 23.8 Å². The fourth-order valence-electron chi connectivity index (χ4n) is 4.20. The molecule has 1 fully saturated rings. The van der Waals surface area contributed by atoms with E-state index in [0.717, 1.165) is 56.3 Å². The molecule has 0 aromatic heterocycles. The molecule has 2 aromatic carbocycles. The average Bonchev–Trinajstić information content (AvgIpc) is 2.86. The Morgan fingerprint density at radius 2 is 1.82 bits per heavy atom. The van der Waals surface area contributed by atoms with Crippen LogP contribution < -0.4 is 15.0 Å². The zero-order chi connectivity index (χ0) is 24.1. The molecule has 182 valence electrons. The molecular weight excluding hydrogens is 430 g/mol. The Labute approximate surface area is 202 Å². The van der Waals surface area contributed by atoms with Crippen molar-refractivity contribution in [2.75, 3.05) is 50.9 Å². The molecule has 2 aliphatic heterocycles. The molecule has 2 aliphatic rings. The lowest BCUT2D eigenvalue weighted by molar-refractivity contribution is -0.121. The quantitative estimate of drug-likeness (QED) is 0.647. The van der Waals surface area contributed by atoms with Gasteiger partial charge in [-0.2, -0.15) is 0 Å². The molecule has 0 atom stereocenters. The van der Waals surface area contributed by atoms with Crippen molar-refractivity contribution < 1.29 is 19.1 Å². The summed E-state index contributed by atoms with van der Waals surface area (Å²) >= 11 is 0. The average molecular weight is 466 g/mol. The van der Waals surface area contributed by atoms with E-state index < -0.39 is 0 Å². The predicted molar refractivity (Wildman–Crippen MR) is 132 cm³/mol. The highest BCUT2D eigenvalue weighted by Crippen LogP contribution is 2.38. The van der Waals surface area contributed by atoms with Crippen LogP contribution in [0.2, 0.25) is 0 Å². The summed E-state index contributed by atoms with van der Waals surface area (Å²) < 4.78 is 11.0. The molecule has 34 heavy (non-hydrogen) atoms. The van der Waals surface area contributed by atoms with E-state index in [1.807, 2.05) is 30.3 Å². The van der Waals surface area contributed by atoms with Gasteiger partial charge in [-0.1, -0.05) is 39.0 Å². The Hall–Kier alpha value is -2.90. The van der Waals surface area contributed by atoms with Crippen LogP contribution >= 0.6 is 0 Å². The van der Waals surface area contributed by atoms with E-state index in [1.165, 1.54) is 5.56 Å². The van der Waals surface area contributed by atoms with Crippen molar-refractivity contribution in [2.45, 2.75) is 39.2 Å². The van der Waals surface area contributed by atoms with Gasteiger partial charge in [-0.25, -0.2) is 0 Å². The molecule has 0 aliphatic carbocycles.